The molecular formula is C25H23F3N6O. The van der Waals surface area contributed by atoms with Gasteiger partial charge in [-0.05, 0) is 23.6 Å². The lowest BCUT2D eigenvalue weighted by Crippen LogP contribution is -2.35. The monoisotopic (exact) mass is 480 g/mol. The summed E-state index contributed by atoms with van der Waals surface area (Å²) in [6, 6.07) is 17.4. The normalized spacial score (nSPS) is 17.5. The van der Waals surface area contributed by atoms with Gasteiger partial charge >= 0.3 is 6.18 Å². The van der Waals surface area contributed by atoms with Crippen LogP contribution in [0.4, 0.5) is 24.8 Å². The standard InChI is InChI=1S/C25H23F3N6O/c1-16-7-5-6-10-18(16)15-33-12-11-22(32-33)30-24(35)20-14-23-29-19(17-8-3-2-4-9-17)13-21(25(26,27)28)34(23)31-20/h2-12,14,19,21,29H,13,15H2,1H3,(H,30,32,35). The van der Waals surface area contributed by atoms with Crippen molar-refractivity contribution in [1.82, 2.24) is 19.6 Å². The fourth-order valence-corrected chi connectivity index (χ4v) is 4.25. The van der Waals surface area contributed by atoms with Crippen molar-refractivity contribution in [2.45, 2.75) is 38.1 Å². The molecule has 2 aromatic heterocycles. The molecule has 0 saturated carbocycles. The number of rotatable bonds is 5. The molecule has 0 bridgehead atoms. The van der Waals surface area contributed by atoms with Gasteiger partial charge in [-0.2, -0.15) is 23.4 Å². The zero-order valence-corrected chi connectivity index (χ0v) is 18.8. The summed E-state index contributed by atoms with van der Waals surface area (Å²) in [5.41, 5.74) is 2.83. The van der Waals surface area contributed by atoms with Gasteiger partial charge in [0.2, 0.25) is 0 Å². The average molecular weight is 480 g/mol. The lowest BCUT2D eigenvalue weighted by atomic mass is 9.97. The quantitative estimate of drug-likeness (QED) is 0.404. The molecule has 0 saturated heterocycles. The molecule has 10 heteroatoms. The van der Waals surface area contributed by atoms with Gasteiger partial charge in [-0.25, -0.2) is 4.68 Å². The van der Waals surface area contributed by atoms with E-state index in [1.54, 1.807) is 41.2 Å². The third kappa shape index (κ3) is 4.77. The van der Waals surface area contributed by atoms with Crippen molar-refractivity contribution in [1.29, 1.82) is 0 Å². The van der Waals surface area contributed by atoms with Crippen molar-refractivity contribution in [2.75, 3.05) is 10.6 Å². The van der Waals surface area contributed by atoms with E-state index in [4.69, 9.17) is 0 Å². The van der Waals surface area contributed by atoms with Crippen LogP contribution >= 0.6 is 0 Å². The van der Waals surface area contributed by atoms with E-state index in [9.17, 15) is 18.0 Å². The van der Waals surface area contributed by atoms with Crippen LogP contribution in [0.1, 0.15) is 45.7 Å². The molecule has 5 rings (SSSR count). The molecule has 2 N–H and O–H groups in total. The summed E-state index contributed by atoms with van der Waals surface area (Å²) in [6.45, 7) is 2.53. The first-order chi connectivity index (χ1) is 16.8. The third-order valence-corrected chi connectivity index (χ3v) is 6.10. The van der Waals surface area contributed by atoms with Crippen LogP contribution in [0.25, 0.3) is 0 Å². The second-order valence-corrected chi connectivity index (χ2v) is 8.54. The zero-order chi connectivity index (χ0) is 24.6. The molecule has 0 radical (unpaired) electrons. The number of fused-ring (bicyclic) bond motifs is 1. The Bertz CT molecular complexity index is 1340. The van der Waals surface area contributed by atoms with Crippen molar-refractivity contribution in [3.05, 3.63) is 95.3 Å². The Hall–Kier alpha value is -4.08. The Labute approximate surface area is 199 Å². The van der Waals surface area contributed by atoms with E-state index in [1.807, 2.05) is 37.3 Å². The Morgan fingerprint density at radius 2 is 1.83 bits per heavy atom. The molecule has 2 unspecified atom stereocenters. The van der Waals surface area contributed by atoms with E-state index < -0.39 is 24.2 Å². The highest BCUT2D eigenvalue weighted by atomic mass is 19.4. The van der Waals surface area contributed by atoms with Gasteiger partial charge in [-0.3, -0.25) is 9.48 Å². The van der Waals surface area contributed by atoms with Crippen LogP contribution < -0.4 is 10.6 Å². The summed E-state index contributed by atoms with van der Waals surface area (Å²) < 4.78 is 44.2. The predicted molar refractivity (Wildman–Crippen MR) is 125 cm³/mol. The third-order valence-electron chi connectivity index (χ3n) is 6.10. The van der Waals surface area contributed by atoms with Gasteiger partial charge in [0.1, 0.15) is 5.82 Å². The van der Waals surface area contributed by atoms with Crippen molar-refractivity contribution in [2.24, 2.45) is 0 Å². The predicted octanol–water partition coefficient (Wildman–Crippen LogP) is 5.35. The van der Waals surface area contributed by atoms with Gasteiger partial charge in [0.25, 0.3) is 5.91 Å². The number of hydrogen-bond donors (Lipinski definition) is 2. The molecule has 0 spiro atoms. The molecule has 0 fully saturated rings. The Kier molecular flexibility index (Phi) is 5.80. The van der Waals surface area contributed by atoms with Gasteiger partial charge in [0.15, 0.2) is 17.6 Å². The number of nitrogens with zero attached hydrogens (tertiary/aromatic N) is 4. The van der Waals surface area contributed by atoms with Crippen LogP contribution in [0.15, 0.2) is 72.9 Å². The van der Waals surface area contributed by atoms with Crippen molar-refractivity contribution in [3.63, 3.8) is 0 Å². The summed E-state index contributed by atoms with van der Waals surface area (Å²) in [4.78, 5) is 12.8. The minimum Gasteiger partial charge on any atom is -0.363 e. The summed E-state index contributed by atoms with van der Waals surface area (Å²) in [5, 5.41) is 14.1. The molecule has 1 aliphatic heterocycles. The van der Waals surface area contributed by atoms with Gasteiger partial charge in [-0.1, -0.05) is 54.6 Å². The van der Waals surface area contributed by atoms with Crippen LogP contribution in [-0.4, -0.2) is 31.6 Å². The van der Waals surface area contributed by atoms with Crippen LogP contribution in [0.2, 0.25) is 0 Å². The van der Waals surface area contributed by atoms with Crippen molar-refractivity contribution < 1.29 is 18.0 Å². The van der Waals surface area contributed by atoms with E-state index >= 15 is 0 Å². The molecular weight excluding hydrogens is 457 g/mol. The molecule has 3 heterocycles. The SMILES string of the molecule is Cc1ccccc1Cn1ccc(NC(=O)c2cc3n(n2)C(C(F)(F)F)CC(c2ccccc2)N3)n1. The van der Waals surface area contributed by atoms with Crippen LogP contribution in [0.3, 0.4) is 0 Å². The van der Waals surface area contributed by atoms with E-state index in [1.165, 1.54) is 6.07 Å². The number of anilines is 2. The fourth-order valence-electron chi connectivity index (χ4n) is 4.25. The number of carbonyl (C=O) groups excluding carboxylic acids is 1. The number of halogens is 3. The summed E-state index contributed by atoms with van der Waals surface area (Å²) >= 11 is 0. The lowest BCUT2D eigenvalue weighted by Gasteiger charge is -2.33. The van der Waals surface area contributed by atoms with Crippen molar-refractivity contribution >= 4 is 17.5 Å². The number of aryl methyl sites for hydroxylation is 1. The Balaban J connectivity index is 1.35. The highest BCUT2D eigenvalue weighted by Gasteiger charge is 2.46. The van der Waals surface area contributed by atoms with Gasteiger partial charge < -0.3 is 10.6 Å². The first-order valence-corrected chi connectivity index (χ1v) is 11.1. The van der Waals surface area contributed by atoms with E-state index in [-0.39, 0.29) is 23.8 Å². The number of carbonyl (C=O) groups is 1. The molecule has 0 aliphatic carbocycles. The minimum atomic E-state index is -4.52. The number of hydrogen-bond acceptors (Lipinski definition) is 4. The highest BCUT2D eigenvalue weighted by molar-refractivity contribution is 6.02. The smallest absolute Gasteiger partial charge is 0.363 e. The van der Waals surface area contributed by atoms with Gasteiger partial charge in [0.05, 0.1) is 12.6 Å². The van der Waals surface area contributed by atoms with Crippen molar-refractivity contribution in [3.8, 4) is 0 Å². The van der Waals surface area contributed by atoms with Gasteiger partial charge in [0, 0.05) is 24.8 Å². The Morgan fingerprint density at radius 1 is 1.09 bits per heavy atom. The number of nitrogens with one attached hydrogen (secondary N) is 2. The number of alkyl halides is 3. The maximum atomic E-state index is 13.9. The van der Waals surface area contributed by atoms with E-state index in [0.29, 0.717) is 6.54 Å². The molecule has 1 amide bonds. The average Bonchev–Trinajstić information content (AvgIpc) is 3.46. The number of aromatic nitrogens is 4. The topological polar surface area (TPSA) is 76.8 Å². The maximum Gasteiger partial charge on any atom is 0.410 e. The molecule has 2 atom stereocenters. The van der Waals surface area contributed by atoms with Gasteiger partial charge in [-0.15, -0.1) is 0 Å². The largest absolute Gasteiger partial charge is 0.410 e. The summed E-state index contributed by atoms with van der Waals surface area (Å²) in [7, 11) is 0. The highest BCUT2D eigenvalue weighted by Crippen LogP contribution is 2.43. The second kappa shape index (κ2) is 8.94. The maximum absolute atomic E-state index is 13.9. The Morgan fingerprint density at radius 3 is 2.57 bits per heavy atom. The molecule has 35 heavy (non-hydrogen) atoms. The summed E-state index contributed by atoms with van der Waals surface area (Å²) in [5.74, 6) is -0.202. The molecule has 2 aromatic carbocycles. The molecule has 180 valence electrons. The first-order valence-electron chi connectivity index (χ1n) is 11.1. The van der Waals surface area contributed by atoms with Crippen LogP contribution in [0.5, 0.6) is 0 Å². The second-order valence-electron chi connectivity index (χ2n) is 8.54. The number of benzene rings is 2. The lowest BCUT2D eigenvalue weighted by molar-refractivity contribution is -0.173. The van der Waals surface area contributed by atoms with Crippen LogP contribution in [-0.2, 0) is 6.54 Å². The van der Waals surface area contributed by atoms with E-state index in [2.05, 4.69) is 20.8 Å². The molecule has 1 aliphatic rings. The molecule has 7 nitrogen and oxygen atoms in total. The first kappa shape index (κ1) is 22.7. The van der Waals surface area contributed by atoms with Crippen LogP contribution in [0, 0.1) is 6.92 Å². The minimum absolute atomic E-state index is 0.121. The molecule has 4 aromatic rings. The number of amides is 1. The van der Waals surface area contributed by atoms with E-state index in [0.717, 1.165) is 21.4 Å². The summed E-state index contributed by atoms with van der Waals surface area (Å²) in [6.07, 6.45) is -3.02. The zero-order valence-electron chi connectivity index (χ0n) is 18.8. The fraction of sp³-hybridized carbons (Fsp3) is 0.240.